The molecule has 0 radical (unpaired) electrons. The molecule has 3 rings (SSSR count). The molecular weight excluding hydrogens is 256 g/mol. The van der Waals surface area contributed by atoms with E-state index >= 15 is 0 Å². The van der Waals surface area contributed by atoms with Crippen molar-refractivity contribution in [2.45, 2.75) is 32.1 Å². The van der Waals surface area contributed by atoms with Crippen molar-refractivity contribution in [2.24, 2.45) is 10.9 Å². The van der Waals surface area contributed by atoms with Crippen molar-refractivity contribution < 1.29 is 0 Å². The molecule has 1 saturated carbocycles. The Morgan fingerprint density at radius 1 is 1.21 bits per heavy atom. The summed E-state index contributed by atoms with van der Waals surface area (Å²) in [4.78, 5) is 6.83. The Labute approximate surface area is 119 Å². The summed E-state index contributed by atoms with van der Waals surface area (Å²) in [6, 6.07) is 6.11. The number of fused-ring (bicyclic) bond motifs is 1. The minimum absolute atomic E-state index is 0.585. The normalized spacial score (nSPS) is 19.9. The van der Waals surface area contributed by atoms with Crippen molar-refractivity contribution in [2.75, 3.05) is 11.9 Å². The van der Waals surface area contributed by atoms with Gasteiger partial charge in [0.2, 0.25) is 0 Å². The second-order valence-electron chi connectivity index (χ2n) is 5.42. The van der Waals surface area contributed by atoms with Crippen molar-refractivity contribution in [3.8, 4) is 0 Å². The van der Waals surface area contributed by atoms with Crippen molar-refractivity contribution in [3.05, 3.63) is 41.2 Å². The molecule has 0 saturated heterocycles. The van der Waals surface area contributed by atoms with E-state index in [1.54, 1.807) is 0 Å². The predicted octanol–water partition coefficient (Wildman–Crippen LogP) is 4.63. The Hall–Kier alpha value is -1.28. The second-order valence-corrected chi connectivity index (χ2v) is 5.86. The number of benzene rings is 1. The first-order valence-electron chi connectivity index (χ1n) is 7.03. The lowest BCUT2D eigenvalue weighted by molar-refractivity contribution is 0.440. The van der Waals surface area contributed by atoms with Gasteiger partial charge < -0.3 is 4.90 Å². The maximum absolute atomic E-state index is 6.19. The van der Waals surface area contributed by atoms with Gasteiger partial charge >= 0.3 is 0 Å². The lowest BCUT2D eigenvalue weighted by Crippen LogP contribution is -2.20. The summed E-state index contributed by atoms with van der Waals surface area (Å²) in [5.74, 6) is 0.585. The Morgan fingerprint density at radius 3 is 2.79 bits per heavy atom. The van der Waals surface area contributed by atoms with Gasteiger partial charge in [0.1, 0.15) is 0 Å². The third-order valence-corrected chi connectivity index (χ3v) is 4.35. The van der Waals surface area contributed by atoms with E-state index in [0.717, 1.165) is 5.02 Å². The van der Waals surface area contributed by atoms with E-state index in [2.05, 4.69) is 24.1 Å². The number of anilines is 1. The maximum Gasteiger partial charge on any atom is 0.0528 e. The quantitative estimate of drug-likeness (QED) is 0.729. The first kappa shape index (κ1) is 12.7. The monoisotopic (exact) mass is 274 g/mol. The SMILES string of the molecule is CN1C=CN=C(C2CCCCC2)c2cc(Cl)ccc21. The van der Waals surface area contributed by atoms with Crippen LogP contribution in [0.4, 0.5) is 5.69 Å². The summed E-state index contributed by atoms with van der Waals surface area (Å²) < 4.78 is 0. The molecule has 0 unspecified atom stereocenters. The minimum atomic E-state index is 0.585. The third kappa shape index (κ3) is 2.55. The molecule has 2 nitrogen and oxygen atoms in total. The number of halogens is 1. The zero-order chi connectivity index (χ0) is 13.2. The first-order valence-corrected chi connectivity index (χ1v) is 7.40. The van der Waals surface area contributed by atoms with Crippen molar-refractivity contribution in [1.29, 1.82) is 0 Å². The van der Waals surface area contributed by atoms with E-state index in [4.69, 9.17) is 16.6 Å². The van der Waals surface area contributed by atoms with Crippen LogP contribution in [-0.2, 0) is 0 Å². The highest BCUT2D eigenvalue weighted by Gasteiger charge is 2.24. The summed E-state index contributed by atoms with van der Waals surface area (Å²) in [5.41, 5.74) is 3.62. The average molecular weight is 275 g/mol. The van der Waals surface area contributed by atoms with Gasteiger partial charge in [-0.1, -0.05) is 30.9 Å². The summed E-state index contributed by atoms with van der Waals surface area (Å²) in [7, 11) is 2.06. The average Bonchev–Trinajstić information content (AvgIpc) is 2.59. The molecule has 100 valence electrons. The molecule has 19 heavy (non-hydrogen) atoms. The predicted molar refractivity (Wildman–Crippen MR) is 82.1 cm³/mol. The molecule has 1 aromatic rings. The molecule has 0 amide bonds. The van der Waals surface area contributed by atoms with Gasteiger partial charge in [-0.15, -0.1) is 0 Å². The van der Waals surface area contributed by atoms with Crippen molar-refractivity contribution in [3.63, 3.8) is 0 Å². The molecule has 1 aliphatic heterocycles. The summed E-state index contributed by atoms with van der Waals surface area (Å²) in [5, 5.41) is 0.789. The summed E-state index contributed by atoms with van der Waals surface area (Å²) in [6.07, 6.45) is 10.4. The zero-order valence-corrected chi connectivity index (χ0v) is 12.0. The molecule has 2 aliphatic rings. The molecule has 0 N–H and O–H groups in total. The zero-order valence-electron chi connectivity index (χ0n) is 11.3. The molecule has 1 heterocycles. The Bertz CT molecular complexity index is 528. The Kier molecular flexibility index (Phi) is 3.61. The minimum Gasteiger partial charge on any atom is -0.349 e. The fourth-order valence-corrected chi connectivity index (χ4v) is 3.26. The summed E-state index contributed by atoms with van der Waals surface area (Å²) in [6.45, 7) is 0. The van der Waals surface area contributed by atoms with Crippen molar-refractivity contribution >= 4 is 23.0 Å². The highest BCUT2D eigenvalue weighted by atomic mass is 35.5. The van der Waals surface area contributed by atoms with Crippen LogP contribution in [0, 0.1) is 5.92 Å². The molecule has 3 heteroatoms. The van der Waals surface area contributed by atoms with Crippen LogP contribution in [0.5, 0.6) is 0 Å². The fraction of sp³-hybridized carbons (Fsp3) is 0.438. The topological polar surface area (TPSA) is 15.6 Å². The van der Waals surface area contributed by atoms with Crippen LogP contribution in [0.1, 0.15) is 37.7 Å². The lowest BCUT2D eigenvalue weighted by atomic mass is 9.83. The molecule has 0 atom stereocenters. The van der Waals surface area contributed by atoms with Gasteiger partial charge in [-0.05, 0) is 31.0 Å². The number of hydrogen-bond donors (Lipinski definition) is 0. The largest absolute Gasteiger partial charge is 0.349 e. The van der Waals surface area contributed by atoms with Crippen LogP contribution < -0.4 is 4.90 Å². The van der Waals surface area contributed by atoms with Gasteiger partial charge in [-0.3, -0.25) is 4.99 Å². The third-order valence-electron chi connectivity index (χ3n) is 4.11. The van der Waals surface area contributed by atoms with Crippen LogP contribution in [0.3, 0.4) is 0 Å². The molecule has 1 aliphatic carbocycles. The van der Waals surface area contributed by atoms with Crippen LogP contribution >= 0.6 is 11.6 Å². The molecule has 0 spiro atoms. The number of rotatable bonds is 1. The smallest absolute Gasteiger partial charge is 0.0528 e. The van der Waals surface area contributed by atoms with Gasteiger partial charge in [0, 0.05) is 41.6 Å². The number of hydrogen-bond acceptors (Lipinski definition) is 2. The fourth-order valence-electron chi connectivity index (χ4n) is 3.09. The van der Waals surface area contributed by atoms with Gasteiger partial charge in [0.15, 0.2) is 0 Å². The van der Waals surface area contributed by atoms with Crippen LogP contribution in [-0.4, -0.2) is 12.8 Å². The second kappa shape index (κ2) is 5.38. The molecule has 0 aromatic heterocycles. The van der Waals surface area contributed by atoms with Gasteiger partial charge in [0.05, 0.1) is 5.71 Å². The molecule has 0 bridgehead atoms. The van der Waals surface area contributed by atoms with Crippen LogP contribution in [0.15, 0.2) is 35.6 Å². The van der Waals surface area contributed by atoms with Crippen molar-refractivity contribution in [1.82, 2.24) is 0 Å². The Morgan fingerprint density at radius 2 is 2.00 bits per heavy atom. The van der Waals surface area contributed by atoms with Gasteiger partial charge in [-0.2, -0.15) is 0 Å². The molecule has 1 fully saturated rings. The van der Waals surface area contributed by atoms with E-state index in [1.807, 2.05) is 18.5 Å². The lowest BCUT2D eigenvalue weighted by Gasteiger charge is -2.25. The van der Waals surface area contributed by atoms with E-state index < -0.39 is 0 Å². The van der Waals surface area contributed by atoms with E-state index in [-0.39, 0.29) is 0 Å². The van der Waals surface area contributed by atoms with Gasteiger partial charge in [-0.25, -0.2) is 0 Å². The molecular formula is C16H19ClN2. The molecule has 1 aromatic carbocycles. The highest BCUT2D eigenvalue weighted by molar-refractivity contribution is 6.31. The number of aliphatic imine (C=N–C) groups is 1. The highest BCUT2D eigenvalue weighted by Crippen LogP contribution is 2.33. The van der Waals surface area contributed by atoms with E-state index in [9.17, 15) is 0 Å². The van der Waals surface area contributed by atoms with Gasteiger partial charge in [0.25, 0.3) is 0 Å². The maximum atomic E-state index is 6.19. The van der Waals surface area contributed by atoms with E-state index in [1.165, 1.54) is 49.1 Å². The van der Waals surface area contributed by atoms with E-state index in [0.29, 0.717) is 5.92 Å². The number of nitrogens with zero attached hydrogens (tertiary/aromatic N) is 2. The first-order chi connectivity index (χ1) is 9.25. The van der Waals surface area contributed by atoms with Crippen LogP contribution in [0.25, 0.3) is 0 Å². The Balaban J connectivity index is 2.04. The van der Waals surface area contributed by atoms with Crippen LogP contribution in [0.2, 0.25) is 5.02 Å². The summed E-state index contributed by atoms with van der Waals surface area (Å²) >= 11 is 6.19. The standard InChI is InChI=1S/C16H19ClN2/c1-19-10-9-18-16(12-5-3-2-4-6-12)14-11-13(17)7-8-15(14)19/h7-12H,2-6H2,1H3.